The summed E-state index contributed by atoms with van der Waals surface area (Å²) in [5.41, 5.74) is 0.557. The zero-order valence-corrected chi connectivity index (χ0v) is 14.6. The van der Waals surface area contributed by atoms with E-state index in [1.54, 1.807) is 15.9 Å². The van der Waals surface area contributed by atoms with Gasteiger partial charge in [-0.1, -0.05) is 12.1 Å². The van der Waals surface area contributed by atoms with Gasteiger partial charge >= 0.3 is 6.03 Å². The summed E-state index contributed by atoms with van der Waals surface area (Å²) in [7, 11) is 0. The van der Waals surface area contributed by atoms with Gasteiger partial charge in [0, 0.05) is 38.1 Å². The molecule has 0 saturated carbocycles. The van der Waals surface area contributed by atoms with Crippen molar-refractivity contribution in [3.63, 3.8) is 0 Å². The Bertz CT molecular complexity index is 590. The average Bonchev–Trinajstić information content (AvgIpc) is 2.51. The number of urea groups is 1. The fourth-order valence-electron chi connectivity index (χ4n) is 2.66. The van der Waals surface area contributed by atoms with E-state index in [9.17, 15) is 14.0 Å². The molecule has 0 aliphatic carbocycles. The molecule has 0 spiro atoms. The topological polar surface area (TPSA) is 52.7 Å². The molecule has 132 valence electrons. The van der Waals surface area contributed by atoms with E-state index in [4.69, 9.17) is 0 Å². The van der Waals surface area contributed by atoms with Crippen LogP contribution in [0.5, 0.6) is 0 Å². The second-order valence-corrected chi connectivity index (χ2v) is 7.18. The van der Waals surface area contributed by atoms with E-state index in [0.717, 1.165) is 5.56 Å². The van der Waals surface area contributed by atoms with E-state index in [1.807, 2.05) is 26.8 Å². The Labute approximate surface area is 142 Å². The number of carbonyl (C=O) groups is 2. The molecule has 1 aliphatic heterocycles. The van der Waals surface area contributed by atoms with Crippen molar-refractivity contribution in [3.05, 3.63) is 35.6 Å². The van der Waals surface area contributed by atoms with Crippen LogP contribution in [0, 0.1) is 5.82 Å². The molecule has 1 aromatic carbocycles. The SMILES string of the molecule is CC(C)(C)NC(=O)N1CCN(C(=O)CCc2cccc(F)c2)CC1. The van der Waals surface area contributed by atoms with Crippen LogP contribution in [-0.2, 0) is 11.2 Å². The Balaban J connectivity index is 1.77. The molecular formula is C18H26FN3O2. The lowest BCUT2D eigenvalue weighted by Gasteiger charge is -2.36. The van der Waals surface area contributed by atoms with Crippen molar-refractivity contribution in [1.29, 1.82) is 0 Å². The third kappa shape index (κ3) is 5.51. The van der Waals surface area contributed by atoms with Gasteiger partial charge in [0.05, 0.1) is 0 Å². The molecule has 1 N–H and O–H groups in total. The highest BCUT2D eigenvalue weighted by Gasteiger charge is 2.25. The van der Waals surface area contributed by atoms with Gasteiger partial charge in [0.2, 0.25) is 5.91 Å². The molecule has 0 radical (unpaired) electrons. The van der Waals surface area contributed by atoms with Gasteiger partial charge in [-0.25, -0.2) is 9.18 Å². The number of piperazine rings is 1. The first-order chi connectivity index (χ1) is 11.2. The summed E-state index contributed by atoms with van der Waals surface area (Å²) < 4.78 is 13.1. The van der Waals surface area contributed by atoms with Crippen LogP contribution < -0.4 is 5.32 Å². The molecule has 24 heavy (non-hydrogen) atoms. The van der Waals surface area contributed by atoms with Crippen LogP contribution in [-0.4, -0.2) is 53.5 Å². The summed E-state index contributed by atoms with van der Waals surface area (Å²) in [5.74, 6) is -0.228. The summed E-state index contributed by atoms with van der Waals surface area (Å²) in [4.78, 5) is 27.9. The van der Waals surface area contributed by atoms with Gasteiger partial charge in [0.15, 0.2) is 0 Å². The molecule has 1 aliphatic rings. The van der Waals surface area contributed by atoms with E-state index >= 15 is 0 Å². The highest BCUT2D eigenvalue weighted by Crippen LogP contribution is 2.10. The average molecular weight is 335 g/mol. The normalized spacial score (nSPS) is 15.3. The largest absolute Gasteiger partial charge is 0.339 e. The molecule has 1 saturated heterocycles. The quantitative estimate of drug-likeness (QED) is 0.922. The van der Waals surface area contributed by atoms with Crippen LogP contribution in [0.1, 0.15) is 32.8 Å². The molecule has 0 bridgehead atoms. The lowest BCUT2D eigenvalue weighted by Crippen LogP contribution is -2.56. The minimum atomic E-state index is -0.279. The zero-order chi connectivity index (χ0) is 17.7. The lowest BCUT2D eigenvalue weighted by molar-refractivity contribution is -0.132. The van der Waals surface area contributed by atoms with Gasteiger partial charge in [0.25, 0.3) is 0 Å². The number of hydrogen-bond donors (Lipinski definition) is 1. The summed E-state index contributed by atoms with van der Waals surface area (Å²) >= 11 is 0. The summed E-state index contributed by atoms with van der Waals surface area (Å²) in [6, 6.07) is 6.25. The number of rotatable bonds is 3. The van der Waals surface area contributed by atoms with Crippen LogP contribution in [0.25, 0.3) is 0 Å². The zero-order valence-electron chi connectivity index (χ0n) is 14.6. The summed E-state index contributed by atoms with van der Waals surface area (Å²) in [5, 5.41) is 2.93. The fraction of sp³-hybridized carbons (Fsp3) is 0.556. The van der Waals surface area contributed by atoms with Crippen molar-refractivity contribution in [1.82, 2.24) is 15.1 Å². The van der Waals surface area contributed by atoms with E-state index in [1.165, 1.54) is 12.1 Å². The smallest absolute Gasteiger partial charge is 0.317 e. The first-order valence-electron chi connectivity index (χ1n) is 8.34. The maximum absolute atomic E-state index is 13.1. The van der Waals surface area contributed by atoms with Crippen molar-refractivity contribution in [2.75, 3.05) is 26.2 Å². The number of nitrogens with one attached hydrogen (secondary N) is 1. The standard InChI is InChI=1S/C18H26FN3O2/c1-18(2,3)20-17(24)22-11-9-21(10-12-22)16(23)8-7-14-5-4-6-15(19)13-14/h4-6,13H,7-12H2,1-3H3,(H,20,24). The molecule has 6 heteroatoms. The van der Waals surface area contributed by atoms with Gasteiger partial charge in [0.1, 0.15) is 5.82 Å². The van der Waals surface area contributed by atoms with Crippen LogP contribution in [0.4, 0.5) is 9.18 Å². The Hall–Kier alpha value is -2.11. The fourth-order valence-corrected chi connectivity index (χ4v) is 2.66. The third-order valence-electron chi connectivity index (χ3n) is 3.92. The van der Waals surface area contributed by atoms with Crippen molar-refractivity contribution in [2.24, 2.45) is 0 Å². The van der Waals surface area contributed by atoms with Crippen LogP contribution in [0.2, 0.25) is 0 Å². The Morgan fingerprint density at radius 2 is 1.75 bits per heavy atom. The molecular weight excluding hydrogens is 309 g/mol. The molecule has 0 unspecified atom stereocenters. The van der Waals surface area contributed by atoms with Crippen molar-refractivity contribution in [2.45, 2.75) is 39.2 Å². The number of amides is 3. The van der Waals surface area contributed by atoms with E-state index in [2.05, 4.69) is 5.32 Å². The van der Waals surface area contributed by atoms with Crippen molar-refractivity contribution in [3.8, 4) is 0 Å². The molecule has 1 heterocycles. The monoisotopic (exact) mass is 335 g/mol. The van der Waals surface area contributed by atoms with Crippen molar-refractivity contribution >= 4 is 11.9 Å². The highest BCUT2D eigenvalue weighted by atomic mass is 19.1. The molecule has 0 atom stereocenters. The van der Waals surface area contributed by atoms with Gasteiger partial charge < -0.3 is 15.1 Å². The van der Waals surface area contributed by atoms with Gasteiger partial charge in [-0.15, -0.1) is 0 Å². The summed E-state index contributed by atoms with van der Waals surface area (Å²) in [6.45, 7) is 7.98. The first kappa shape index (κ1) is 18.2. The number of carbonyl (C=O) groups excluding carboxylic acids is 2. The van der Waals surface area contributed by atoms with E-state index in [0.29, 0.717) is 39.0 Å². The number of nitrogens with zero attached hydrogens (tertiary/aromatic N) is 2. The number of halogens is 1. The molecule has 0 aromatic heterocycles. The van der Waals surface area contributed by atoms with Gasteiger partial charge in [-0.2, -0.15) is 0 Å². The minimum Gasteiger partial charge on any atom is -0.339 e. The molecule has 2 rings (SSSR count). The first-order valence-corrected chi connectivity index (χ1v) is 8.34. The highest BCUT2D eigenvalue weighted by molar-refractivity contribution is 5.78. The summed E-state index contributed by atoms with van der Waals surface area (Å²) in [6.07, 6.45) is 0.888. The van der Waals surface area contributed by atoms with Crippen LogP contribution in [0.15, 0.2) is 24.3 Å². The number of hydrogen-bond acceptors (Lipinski definition) is 2. The predicted octanol–water partition coefficient (Wildman–Crippen LogP) is 2.41. The maximum Gasteiger partial charge on any atom is 0.317 e. The Kier molecular flexibility index (Phi) is 5.80. The van der Waals surface area contributed by atoms with Crippen LogP contribution >= 0.6 is 0 Å². The number of benzene rings is 1. The van der Waals surface area contributed by atoms with Gasteiger partial charge in [-0.05, 0) is 44.9 Å². The minimum absolute atomic E-state index is 0.0511. The third-order valence-corrected chi connectivity index (χ3v) is 3.92. The molecule has 3 amide bonds. The van der Waals surface area contributed by atoms with E-state index in [-0.39, 0.29) is 23.3 Å². The second kappa shape index (κ2) is 7.64. The van der Waals surface area contributed by atoms with Gasteiger partial charge in [-0.3, -0.25) is 4.79 Å². The molecule has 1 fully saturated rings. The van der Waals surface area contributed by atoms with E-state index < -0.39 is 0 Å². The Morgan fingerprint density at radius 3 is 2.33 bits per heavy atom. The molecule has 5 nitrogen and oxygen atoms in total. The number of aryl methyl sites for hydroxylation is 1. The lowest BCUT2D eigenvalue weighted by atomic mass is 10.1. The van der Waals surface area contributed by atoms with Crippen LogP contribution in [0.3, 0.4) is 0 Å². The maximum atomic E-state index is 13.1. The van der Waals surface area contributed by atoms with Crippen molar-refractivity contribution < 1.29 is 14.0 Å². The Morgan fingerprint density at radius 1 is 1.12 bits per heavy atom. The predicted molar refractivity (Wildman–Crippen MR) is 91.2 cm³/mol. The molecule has 1 aromatic rings. The second-order valence-electron chi connectivity index (χ2n) is 7.18.